The molecule has 1 heterocycles. The summed E-state index contributed by atoms with van der Waals surface area (Å²) < 4.78 is 4.84. The van der Waals surface area contributed by atoms with Gasteiger partial charge in [0.05, 0.1) is 18.4 Å². The number of benzene rings is 1. The fourth-order valence-corrected chi connectivity index (χ4v) is 2.28. The van der Waals surface area contributed by atoms with E-state index in [0.717, 1.165) is 38.3 Å². The number of nitrogens with zero attached hydrogens (tertiary/aromatic N) is 1. The first-order valence-electron chi connectivity index (χ1n) is 6.46. The zero-order valence-electron chi connectivity index (χ0n) is 10.8. The molecule has 0 bridgehead atoms. The zero-order chi connectivity index (χ0) is 12.8. The summed E-state index contributed by atoms with van der Waals surface area (Å²) >= 11 is 0. The monoisotopic (exact) mass is 248 g/mol. The van der Waals surface area contributed by atoms with Crippen LogP contribution in [0.3, 0.4) is 0 Å². The van der Waals surface area contributed by atoms with Gasteiger partial charge >= 0.3 is 5.97 Å². The molecule has 1 aromatic rings. The second-order valence-corrected chi connectivity index (χ2v) is 4.45. The van der Waals surface area contributed by atoms with Gasteiger partial charge in [-0.25, -0.2) is 4.79 Å². The lowest BCUT2D eigenvalue weighted by Gasteiger charge is -2.28. The third-order valence-electron chi connectivity index (χ3n) is 3.24. The summed E-state index contributed by atoms with van der Waals surface area (Å²) in [7, 11) is 1.42. The Bertz CT molecular complexity index is 399. The van der Waals surface area contributed by atoms with Crippen LogP contribution in [0.25, 0.3) is 0 Å². The molecule has 4 heteroatoms. The van der Waals surface area contributed by atoms with E-state index in [4.69, 9.17) is 4.74 Å². The Hall–Kier alpha value is -1.55. The van der Waals surface area contributed by atoms with Crippen LogP contribution in [0.2, 0.25) is 0 Å². The molecule has 0 aliphatic carbocycles. The van der Waals surface area contributed by atoms with E-state index in [1.54, 1.807) is 0 Å². The Kier molecular flexibility index (Phi) is 4.59. The Labute approximate surface area is 108 Å². The zero-order valence-corrected chi connectivity index (χ0v) is 10.8. The predicted octanol–water partition coefficient (Wildman–Crippen LogP) is 1.66. The van der Waals surface area contributed by atoms with Crippen molar-refractivity contribution in [3.8, 4) is 0 Å². The number of nitrogens with one attached hydrogen (secondary N) is 1. The highest BCUT2D eigenvalue weighted by molar-refractivity contribution is 5.95. The van der Waals surface area contributed by atoms with Gasteiger partial charge in [-0.3, -0.25) is 0 Å². The molecule has 0 aromatic heterocycles. The summed E-state index contributed by atoms with van der Waals surface area (Å²) in [5, 5.41) is 3.39. The van der Waals surface area contributed by atoms with Crippen molar-refractivity contribution < 1.29 is 9.53 Å². The average Bonchev–Trinajstić information content (AvgIpc) is 2.38. The third-order valence-corrected chi connectivity index (χ3v) is 3.24. The largest absolute Gasteiger partial charge is 0.465 e. The first-order chi connectivity index (χ1) is 8.83. The van der Waals surface area contributed by atoms with Crippen molar-refractivity contribution in [2.75, 3.05) is 38.2 Å². The predicted molar refractivity (Wildman–Crippen MR) is 72.1 cm³/mol. The van der Waals surface area contributed by atoms with Crippen molar-refractivity contribution in [2.45, 2.75) is 12.8 Å². The van der Waals surface area contributed by atoms with Gasteiger partial charge in [0.25, 0.3) is 0 Å². The second kappa shape index (κ2) is 6.40. The van der Waals surface area contributed by atoms with E-state index in [2.05, 4.69) is 10.2 Å². The molecule has 2 rings (SSSR count). The molecule has 1 aliphatic heterocycles. The van der Waals surface area contributed by atoms with Crippen LogP contribution < -0.4 is 10.2 Å². The van der Waals surface area contributed by atoms with Gasteiger partial charge in [-0.05, 0) is 31.5 Å². The number of anilines is 1. The van der Waals surface area contributed by atoms with E-state index in [-0.39, 0.29) is 5.97 Å². The first kappa shape index (κ1) is 12.9. The molecule has 1 fully saturated rings. The van der Waals surface area contributed by atoms with Crippen molar-refractivity contribution in [3.05, 3.63) is 29.8 Å². The number of carbonyl (C=O) groups excluding carboxylic acids is 1. The van der Waals surface area contributed by atoms with Crippen molar-refractivity contribution in [2.24, 2.45) is 0 Å². The van der Waals surface area contributed by atoms with E-state index in [1.807, 2.05) is 24.3 Å². The Morgan fingerprint density at radius 3 is 2.89 bits per heavy atom. The lowest BCUT2D eigenvalue weighted by Crippen LogP contribution is -2.36. The van der Waals surface area contributed by atoms with Crippen LogP contribution in [0.4, 0.5) is 5.69 Å². The molecule has 1 saturated heterocycles. The number of para-hydroxylation sites is 1. The number of esters is 1. The number of ether oxygens (including phenoxy) is 1. The minimum Gasteiger partial charge on any atom is -0.465 e. The van der Waals surface area contributed by atoms with Crippen molar-refractivity contribution in [1.82, 2.24) is 5.32 Å². The maximum absolute atomic E-state index is 11.8. The standard InChI is InChI=1S/C14H20N2O2/c1-18-14(17)12-6-2-3-7-13(12)16-10-5-4-8-15-9-11-16/h2-3,6-7,15H,4-5,8-11H2,1H3. The molecule has 1 aromatic carbocycles. The van der Waals surface area contributed by atoms with Crippen molar-refractivity contribution in [3.63, 3.8) is 0 Å². The van der Waals surface area contributed by atoms with Crippen LogP contribution in [0.15, 0.2) is 24.3 Å². The fraction of sp³-hybridized carbons (Fsp3) is 0.500. The van der Waals surface area contributed by atoms with Crippen LogP contribution in [-0.2, 0) is 4.74 Å². The maximum Gasteiger partial charge on any atom is 0.339 e. The van der Waals surface area contributed by atoms with Crippen LogP contribution in [-0.4, -0.2) is 39.3 Å². The van der Waals surface area contributed by atoms with Crippen LogP contribution in [0.5, 0.6) is 0 Å². The van der Waals surface area contributed by atoms with Crippen LogP contribution >= 0.6 is 0 Å². The molecule has 0 spiro atoms. The molecule has 1 N–H and O–H groups in total. The topological polar surface area (TPSA) is 41.6 Å². The molecule has 18 heavy (non-hydrogen) atoms. The quantitative estimate of drug-likeness (QED) is 0.808. The molecular weight excluding hydrogens is 228 g/mol. The van der Waals surface area contributed by atoms with Gasteiger partial charge in [0, 0.05) is 19.6 Å². The number of carbonyl (C=O) groups is 1. The molecular formula is C14H20N2O2. The van der Waals surface area contributed by atoms with E-state index in [1.165, 1.54) is 13.5 Å². The minimum atomic E-state index is -0.263. The van der Waals surface area contributed by atoms with Crippen LogP contribution in [0, 0.1) is 0 Å². The number of methoxy groups -OCH3 is 1. The molecule has 98 valence electrons. The molecule has 0 amide bonds. The van der Waals surface area contributed by atoms with E-state index < -0.39 is 0 Å². The lowest BCUT2D eigenvalue weighted by molar-refractivity contribution is 0.0601. The van der Waals surface area contributed by atoms with Gasteiger partial charge in [0.2, 0.25) is 0 Å². The molecule has 0 atom stereocenters. The second-order valence-electron chi connectivity index (χ2n) is 4.45. The summed E-state index contributed by atoms with van der Waals surface area (Å²) in [6, 6.07) is 7.66. The highest BCUT2D eigenvalue weighted by Crippen LogP contribution is 2.21. The van der Waals surface area contributed by atoms with Gasteiger partial charge in [0.1, 0.15) is 0 Å². The summed E-state index contributed by atoms with van der Waals surface area (Å²) in [6.45, 7) is 3.96. The van der Waals surface area contributed by atoms with E-state index in [9.17, 15) is 4.79 Å². The molecule has 4 nitrogen and oxygen atoms in total. The van der Waals surface area contributed by atoms with E-state index >= 15 is 0 Å². The Morgan fingerprint density at radius 2 is 2.06 bits per heavy atom. The summed E-state index contributed by atoms with van der Waals surface area (Å²) in [4.78, 5) is 14.0. The van der Waals surface area contributed by atoms with Gasteiger partial charge in [-0.1, -0.05) is 12.1 Å². The van der Waals surface area contributed by atoms with Gasteiger partial charge in [-0.2, -0.15) is 0 Å². The molecule has 1 aliphatic rings. The normalized spacial score (nSPS) is 16.8. The molecule has 0 unspecified atom stereocenters. The van der Waals surface area contributed by atoms with Gasteiger partial charge in [-0.15, -0.1) is 0 Å². The highest BCUT2D eigenvalue weighted by Gasteiger charge is 2.16. The average molecular weight is 248 g/mol. The number of hydrogen-bond acceptors (Lipinski definition) is 4. The van der Waals surface area contributed by atoms with E-state index in [0.29, 0.717) is 5.56 Å². The third kappa shape index (κ3) is 3.01. The number of rotatable bonds is 2. The summed E-state index contributed by atoms with van der Waals surface area (Å²) in [5.41, 5.74) is 1.63. The number of hydrogen-bond donors (Lipinski definition) is 1. The Balaban J connectivity index is 2.22. The van der Waals surface area contributed by atoms with Crippen molar-refractivity contribution in [1.29, 1.82) is 0 Å². The lowest BCUT2D eigenvalue weighted by atomic mass is 10.1. The molecule has 0 saturated carbocycles. The van der Waals surface area contributed by atoms with Gasteiger partial charge in [0.15, 0.2) is 0 Å². The van der Waals surface area contributed by atoms with Crippen molar-refractivity contribution >= 4 is 11.7 Å². The SMILES string of the molecule is COC(=O)c1ccccc1N1CCCCNCC1. The smallest absolute Gasteiger partial charge is 0.339 e. The molecule has 0 radical (unpaired) electrons. The van der Waals surface area contributed by atoms with Gasteiger partial charge < -0.3 is 15.0 Å². The maximum atomic E-state index is 11.8. The summed E-state index contributed by atoms with van der Waals surface area (Å²) in [5.74, 6) is -0.263. The summed E-state index contributed by atoms with van der Waals surface area (Å²) in [6.07, 6.45) is 2.32. The first-order valence-corrected chi connectivity index (χ1v) is 6.46. The fourth-order valence-electron chi connectivity index (χ4n) is 2.28. The minimum absolute atomic E-state index is 0.263. The highest BCUT2D eigenvalue weighted by atomic mass is 16.5. The Morgan fingerprint density at radius 1 is 1.22 bits per heavy atom. The van der Waals surface area contributed by atoms with Crippen LogP contribution in [0.1, 0.15) is 23.2 Å².